The number of aromatic amines is 1. The van der Waals surface area contributed by atoms with Crippen molar-refractivity contribution >= 4 is 21.6 Å². The molecule has 0 amide bonds. The molecule has 0 saturated carbocycles. The molecule has 1 rings (SSSR count). The third kappa shape index (κ3) is 3.54. The van der Waals surface area contributed by atoms with Gasteiger partial charge in [-0.3, -0.25) is 5.10 Å². The zero-order chi connectivity index (χ0) is 15.3. The van der Waals surface area contributed by atoms with Gasteiger partial charge in [-0.05, 0) is 12.8 Å². The first-order chi connectivity index (χ1) is 9.42. The Balaban J connectivity index is 3.15. The van der Waals surface area contributed by atoms with E-state index >= 15 is 0 Å². The highest BCUT2D eigenvalue weighted by atomic mass is 35.5. The summed E-state index contributed by atoms with van der Waals surface area (Å²) >= 11 is 5.79. The van der Waals surface area contributed by atoms with E-state index in [1.54, 1.807) is 6.92 Å². The van der Waals surface area contributed by atoms with Crippen molar-refractivity contribution < 1.29 is 8.42 Å². The lowest BCUT2D eigenvalue weighted by molar-refractivity contribution is 0.339. The fourth-order valence-electron chi connectivity index (χ4n) is 2.26. The van der Waals surface area contributed by atoms with Crippen molar-refractivity contribution in [1.29, 1.82) is 0 Å². The molecule has 20 heavy (non-hydrogen) atoms. The van der Waals surface area contributed by atoms with Crippen molar-refractivity contribution in [2.75, 3.05) is 13.1 Å². The Bertz CT molecular complexity index is 524. The topological polar surface area (TPSA) is 66.1 Å². The number of nitrogens with zero attached hydrogens (tertiary/aromatic N) is 2. The molecule has 0 aromatic carbocycles. The van der Waals surface area contributed by atoms with Crippen molar-refractivity contribution in [3.8, 4) is 0 Å². The van der Waals surface area contributed by atoms with Crippen molar-refractivity contribution in [3.05, 3.63) is 11.4 Å². The van der Waals surface area contributed by atoms with Gasteiger partial charge in [0.15, 0.2) is 0 Å². The standard InChI is InChI=1S/C13H24ClN3O2S/c1-5-11(6-2)9-17(7-3)20(18,19)13-10(4)15-16-12(13)8-14/h11H,5-9H2,1-4H3,(H,15,16). The average Bonchev–Trinajstić information content (AvgIpc) is 2.81. The molecule has 116 valence electrons. The highest BCUT2D eigenvalue weighted by molar-refractivity contribution is 7.89. The molecule has 5 nitrogen and oxygen atoms in total. The summed E-state index contributed by atoms with van der Waals surface area (Å²) in [5.41, 5.74) is 0.941. The maximum Gasteiger partial charge on any atom is 0.246 e. The normalized spacial score (nSPS) is 12.6. The summed E-state index contributed by atoms with van der Waals surface area (Å²) in [6.45, 7) is 8.73. The largest absolute Gasteiger partial charge is 0.281 e. The van der Waals surface area contributed by atoms with Crippen LogP contribution in [0.25, 0.3) is 0 Å². The second-order valence-corrected chi connectivity index (χ2v) is 7.04. The van der Waals surface area contributed by atoms with E-state index in [0.717, 1.165) is 12.8 Å². The quantitative estimate of drug-likeness (QED) is 0.749. The van der Waals surface area contributed by atoms with Gasteiger partial charge in [-0.25, -0.2) is 8.42 Å². The van der Waals surface area contributed by atoms with Crippen LogP contribution >= 0.6 is 11.6 Å². The molecule has 0 aliphatic rings. The highest BCUT2D eigenvalue weighted by Crippen LogP contribution is 2.25. The number of hydrogen-bond donors (Lipinski definition) is 1. The number of sulfonamides is 1. The summed E-state index contributed by atoms with van der Waals surface area (Å²) in [7, 11) is -3.54. The lowest BCUT2D eigenvalue weighted by atomic mass is 10.0. The van der Waals surface area contributed by atoms with E-state index in [0.29, 0.717) is 30.4 Å². The van der Waals surface area contributed by atoms with Gasteiger partial charge in [0.1, 0.15) is 4.90 Å². The molecule has 1 heterocycles. The first-order valence-corrected chi connectivity index (χ1v) is 8.99. The average molecular weight is 322 g/mol. The van der Waals surface area contributed by atoms with Gasteiger partial charge in [0.25, 0.3) is 0 Å². The van der Waals surface area contributed by atoms with Crippen LogP contribution < -0.4 is 0 Å². The number of halogens is 1. The fraction of sp³-hybridized carbons (Fsp3) is 0.769. The van der Waals surface area contributed by atoms with E-state index in [2.05, 4.69) is 24.0 Å². The van der Waals surface area contributed by atoms with E-state index in [-0.39, 0.29) is 10.8 Å². The van der Waals surface area contributed by atoms with Gasteiger partial charge < -0.3 is 0 Å². The molecule has 1 aromatic rings. The molecule has 1 N–H and O–H groups in total. The molecule has 0 atom stereocenters. The molecule has 0 aliphatic heterocycles. The molecular formula is C13H24ClN3O2S. The lowest BCUT2D eigenvalue weighted by Gasteiger charge is -2.25. The summed E-state index contributed by atoms with van der Waals surface area (Å²) in [6, 6.07) is 0. The Morgan fingerprint density at radius 1 is 1.30 bits per heavy atom. The zero-order valence-electron chi connectivity index (χ0n) is 12.6. The first kappa shape index (κ1) is 17.5. The predicted molar refractivity (Wildman–Crippen MR) is 81.4 cm³/mol. The summed E-state index contributed by atoms with van der Waals surface area (Å²) in [5, 5.41) is 6.69. The van der Waals surface area contributed by atoms with Gasteiger partial charge in [-0.15, -0.1) is 11.6 Å². The Labute approximate surface area is 126 Å². The highest BCUT2D eigenvalue weighted by Gasteiger charge is 2.30. The second-order valence-electron chi connectivity index (χ2n) is 4.90. The van der Waals surface area contributed by atoms with Crippen LogP contribution in [0.4, 0.5) is 0 Å². The Morgan fingerprint density at radius 3 is 2.35 bits per heavy atom. The summed E-state index contributed by atoms with van der Waals surface area (Å²) in [6.07, 6.45) is 1.94. The van der Waals surface area contributed by atoms with E-state index in [9.17, 15) is 8.42 Å². The smallest absolute Gasteiger partial charge is 0.246 e. The number of nitrogens with one attached hydrogen (secondary N) is 1. The Kier molecular flexibility index (Phi) is 6.48. The summed E-state index contributed by atoms with van der Waals surface area (Å²) < 4.78 is 27.1. The molecular weight excluding hydrogens is 298 g/mol. The van der Waals surface area contributed by atoms with Crippen LogP contribution in [0.2, 0.25) is 0 Å². The molecule has 0 radical (unpaired) electrons. The van der Waals surface area contributed by atoms with Crippen LogP contribution in [0, 0.1) is 12.8 Å². The molecule has 0 saturated heterocycles. The summed E-state index contributed by atoms with van der Waals surface area (Å²) in [5.74, 6) is 0.456. The monoisotopic (exact) mass is 321 g/mol. The van der Waals surface area contributed by atoms with E-state index < -0.39 is 10.0 Å². The second kappa shape index (κ2) is 7.43. The van der Waals surface area contributed by atoms with Crippen LogP contribution in [0.1, 0.15) is 45.0 Å². The maximum absolute atomic E-state index is 12.8. The Hall–Kier alpha value is -0.590. The van der Waals surface area contributed by atoms with Crippen LogP contribution in [0.3, 0.4) is 0 Å². The van der Waals surface area contributed by atoms with Gasteiger partial charge in [-0.2, -0.15) is 9.40 Å². The van der Waals surface area contributed by atoms with Crippen LogP contribution in [0.15, 0.2) is 4.90 Å². The predicted octanol–water partition coefficient (Wildman–Crippen LogP) is 2.90. The Morgan fingerprint density at radius 2 is 1.90 bits per heavy atom. The van der Waals surface area contributed by atoms with Gasteiger partial charge >= 0.3 is 0 Å². The van der Waals surface area contributed by atoms with Gasteiger partial charge in [-0.1, -0.05) is 33.6 Å². The van der Waals surface area contributed by atoms with Crippen molar-refractivity contribution in [2.45, 2.75) is 51.3 Å². The van der Waals surface area contributed by atoms with Crippen molar-refractivity contribution in [3.63, 3.8) is 0 Å². The number of aryl methyl sites for hydroxylation is 1. The SMILES string of the molecule is CCC(CC)CN(CC)S(=O)(=O)c1c(CCl)n[nH]c1C. The van der Waals surface area contributed by atoms with E-state index in [4.69, 9.17) is 11.6 Å². The zero-order valence-corrected chi connectivity index (χ0v) is 14.2. The summed E-state index contributed by atoms with van der Waals surface area (Å²) in [4.78, 5) is 0.236. The van der Waals surface area contributed by atoms with Gasteiger partial charge in [0.2, 0.25) is 10.0 Å². The number of rotatable bonds is 8. The number of alkyl halides is 1. The molecule has 0 spiro atoms. The number of aromatic nitrogens is 2. The molecule has 0 aliphatic carbocycles. The van der Waals surface area contributed by atoms with Crippen molar-refractivity contribution in [1.82, 2.24) is 14.5 Å². The third-order valence-corrected chi connectivity index (χ3v) is 6.05. The van der Waals surface area contributed by atoms with Crippen LogP contribution in [-0.4, -0.2) is 36.0 Å². The van der Waals surface area contributed by atoms with E-state index in [1.165, 1.54) is 4.31 Å². The fourth-order valence-corrected chi connectivity index (χ4v) is 4.39. The minimum atomic E-state index is -3.54. The van der Waals surface area contributed by atoms with Crippen molar-refractivity contribution in [2.24, 2.45) is 5.92 Å². The molecule has 7 heteroatoms. The van der Waals surface area contributed by atoms with Crippen LogP contribution in [0.5, 0.6) is 0 Å². The van der Waals surface area contributed by atoms with Gasteiger partial charge in [0, 0.05) is 13.1 Å². The maximum atomic E-state index is 12.8. The first-order valence-electron chi connectivity index (χ1n) is 7.02. The van der Waals surface area contributed by atoms with Crippen LogP contribution in [-0.2, 0) is 15.9 Å². The molecule has 1 aromatic heterocycles. The lowest BCUT2D eigenvalue weighted by Crippen LogP contribution is -2.35. The number of H-pyrrole nitrogens is 1. The minimum Gasteiger partial charge on any atom is -0.281 e. The molecule has 0 fully saturated rings. The third-order valence-electron chi connectivity index (χ3n) is 3.65. The molecule has 0 bridgehead atoms. The van der Waals surface area contributed by atoms with E-state index in [1.807, 2.05) is 6.92 Å². The molecule has 0 unspecified atom stereocenters. The minimum absolute atomic E-state index is 0.0848. The number of hydrogen-bond acceptors (Lipinski definition) is 3. The van der Waals surface area contributed by atoms with Gasteiger partial charge in [0.05, 0.1) is 17.3 Å².